The molecule has 0 saturated heterocycles. The first-order valence-corrected chi connectivity index (χ1v) is 5.30. The lowest BCUT2D eigenvalue weighted by molar-refractivity contribution is 0.112. The minimum Gasteiger partial charge on any atom is -0.465 e. The Morgan fingerprint density at radius 2 is 2.21 bits per heavy atom. The van der Waals surface area contributed by atoms with Gasteiger partial charge in [0.2, 0.25) is 0 Å². The quantitative estimate of drug-likeness (QED) is 0.671. The van der Waals surface area contributed by atoms with Crippen LogP contribution in [0.4, 0.5) is 0 Å². The third kappa shape index (κ3) is 2.25. The number of furan rings is 1. The predicted molar refractivity (Wildman–Crippen MR) is 56.8 cm³/mol. The van der Waals surface area contributed by atoms with Crippen LogP contribution in [-0.2, 0) is 6.42 Å². The van der Waals surface area contributed by atoms with Crippen molar-refractivity contribution in [3.63, 3.8) is 0 Å². The Hall–Kier alpha value is -1.05. The second-order valence-corrected chi connectivity index (χ2v) is 3.70. The van der Waals surface area contributed by atoms with E-state index in [9.17, 15) is 4.79 Å². The van der Waals surface area contributed by atoms with Gasteiger partial charge in [0, 0.05) is 12.3 Å². The zero-order valence-electron chi connectivity index (χ0n) is 9.17. The van der Waals surface area contributed by atoms with Crippen molar-refractivity contribution in [2.75, 3.05) is 0 Å². The molecule has 1 unspecified atom stereocenters. The summed E-state index contributed by atoms with van der Waals surface area (Å²) in [6.07, 6.45) is 3.79. The number of carbonyl (C=O) groups is 1. The number of aldehydes is 1. The van der Waals surface area contributed by atoms with Crippen molar-refractivity contribution >= 4 is 6.29 Å². The molecule has 0 aliphatic carbocycles. The van der Waals surface area contributed by atoms with E-state index in [1.807, 2.05) is 6.07 Å². The van der Waals surface area contributed by atoms with E-state index in [4.69, 9.17) is 4.42 Å². The molecule has 1 aromatic rings. The summed E-state index contributed by atoms with van der Waals surface area (Å²) in [7, 11) is 0. The van der Waals surface area contributed by atoms with Crippen molar-refractivity contribution in [3.05, 3.63) is 23.2 Å². The summed E-state index contributed by atoms with van der Waals surface area (Å²) in [6.45, 7) is 6.32. The summed E-state index contributed by atoms with van der Waals surface area (Å²) in [4.78, 5) is 10.8. The van der Waals surface area contributed by atoms with E-state index in [0.29, 0.717) is 5.92 Å². The van der Waals surface area contributed by atoms with E-state index < -0.39 is 0 Å². The molecule has 1 rings (SSSR count). The molecule has 1 heterocycles. The van der Waals surface area contributed by atoms with Gasteiger partial charge in [-0.15, -0.1) is 0 Å². The molecule has 14 heavy (non-hydrogen) atoms. The fraction of sp³-hybridized carbons (Fsp3) is 0.583. The molecule has 0 aromatic carbocycles. The minimum atomic E-state index is 0.402. The molecule has 0 saturated carbocycles. The van der Waals surface area contributed by atoms with Gasteiger partial charge in [-0.1, -0.05) is 20.8 Å². The van der Waals surface area contributed by atoms with Crippen LogP contribution in [0.15, 0.2) is 10.5 Å². The van der Waals surface area contributed by atoms with Crippen LogP contribution in [0.5, 0.6) is 0 Å². The molecule has 0 amide bonds. The molecule has 1 aromatic heterocycles. The Balaban J connectivity index is 2.93. The summed E-state index contributed by atoms with van der Waals surface area (Å²) in [6, 6.07) is 1.88. The zero-order chi connectivity index (χ0) is 10.6. The molecule has 0 spiro atoms. The lowest BCUT2D eigenvalue weighted by atomic mass is 10.1. The number of hydrogen-bond donors (Lipinski definition) is 0. The predicted octanol–water partition coefficient (Wildman–Crippen LogP) is 3.56. The number of carbonyl (C=O) groups excluding carboxylic acids is 1. The van der Waals surface area contributed by atoms with E-state index >= 15 is 0 Å². The summed E-state index contributed by atoms with van der Waals surface area (Å²) in [5.74, 6) is 2.19. The fourth-order valence-electron chi connectivity index (χ4n) is 1.43. The van der Waals surface area contributed by atoms with Crippen LogP contribution in [0.1, 0.15) is 61.4 Å². The molecule has 1 atom stereocenters. The summed E-state index contributed by atoms with van der Waals surface area (Å²) in [5, 5.41) is 0. The van der Waals surface area contributed by atoms with E-state index in [1.165, 1.54) is 0 Å². The van der Waals surface area contributed by atoms with Crippen molar-refractivity contribution in [2.24, 2.45) is 0 Å². The minimum absolute atomic E-state index is 0.402. The summed E-state index contributed by atoms with van der Waals surface area (Å²) < 4.78 is 5.67. The molecule has 78 valence electrons. The van der Waals surface area contributed by atoms with Crippen LogP contribution in [-0.4, -0.2) is 6.29 Å². The van der Waals surface area contributed by atoms with Gasteiger partial charge >= 0.3 is 0 Å². The van der Waals surface area contributed by atoms with Gasteiger partial charge in [0.1, 0.15) is 11.5 Å². The van der Waals surface area contributed by atoms with Gasteiger partial charge in [-0.2, -0.15) is 0 Å². The lowest BCUT2D eigenvalue weighted by Gasteiger charge is -2.02. The second kappa shape index (κ2) is 4.99. The average Bonchev–Trinajstić information content (AvgIpc) is 2.60. The van der Waals surface area contributed by atoms with Crippen molar-refractivity contribution in [3.8, 4) is 0 Å². The largest absolute Gasteiger partial charge is 0.465 e. The fourth-order valence-corrected chi connectivity index (χ4v) is 1.43. The molecule has 0 bridgehead atoms. The van der Waals surface area contributed by atoms with Crippen LogP contribution in [0, 0.1) is 0 Å². The highest BCUT2D eigenvalue weighted by Crippen LogP contribution is 2.24. The van der Waals surface area contributed by atoms with E-state index in [1.54, 1.807) is 0 Å². The third-order valence-corrected chi connectivity index (χ3v) is 2.56. The smallest absolute Gasteiger partial charge is 0.153 e. The Kier molecular flexibility index (Phi) is 3.93. The zero-order valence-corrected chi connectivity index (χ0v) is 9.17. The molecular formula is C12H18O2. The maximum absolute atomic E-state index is 10.8. The first-order valence-electron chi connectivity index (χ1n) is 5.30. The highest BCUT2D eigenvalue weighted by Gasteiger charge is 2.13. The molecule has 2 nitrogen and oxygen atoms in total. The maximum Gasteiger partial charge on any atom is 0.153 e. The molecular weight excluding hydrogens is 176 g/mol. The topological polar surface area (TPSA) is 30.2 Å². The van der Waals surface area contributed by atoms with Crippen LogP contribution in [0.3, 0.4) is 0 Å². The van der Waals surface area contributed by atoms with E-state index in [0.717, 1.165) is 42.6 Å². The van der Waals surface area contributed by atoms with Gasteiger partial charge in [-0.05, 0) is 18.9 Å². The summed E-state index contributed by atoms with van der Waals surface area (Å²) in [5.41, 5.74) is 0.724. The van der Waals surface area contributed by atoms with Crippen LogP contribution in [0.2, 0.25) is 0 Å². The first-order chi connectivity index (χ1) is 6.72. The van der Waals surface area contributed by atoms with Crippen LogP contribution in [0.25, 0.3) is 0 Å². The van der Waals surface area contributed by atoms with Crippen LogP contribution < -0.4 is 0 Å². The average molecular weight is 194 g/mol. The Morgan fingerprint density at radius 1 is 1.50 bits per heavy atom. The van der Waals surface area contributed by atoms with Crippen LogP contribution >= 0.6 is 0 Å². The maximum atomic E-state index is 10.8. The molecule has 0 aliphatic rings. The normalized spacial score (nSPS) is 12.8. The van der Waals surface area contributed by atoms with Gasteiger partial charge < -0.3 is 4.42 Å². The van der Waals surface area contributed by atoms with Crippen molar-refractivity contribution in [1.29, 1.82) is 0 Å². The number of aryl methyl sites for hydroxylation is 1. The van der Waals surface area contributed by atoms with E-state index in [2.05, 4.69) is 20.8 Å². The molecule has 0 N–H and O–H groups in total. The third-order valence-electron chi connectivity index (χ3n) is 2.56. The van der Waals surface area contributed by atoms with Gasteiger partial charge in [0.15, 0.2) is 6.29 Å². The van der Waals surface area contributed by atoms with Gasteiger partial charge in [-0.25, -0.2) is 0 Å². The number of rotatable bonds is 5. The Bertz CT molecular complexity index is 299. The van der Waals surface area contributed by atoms with Gasteiger partial charge in [0.05, 0.1) is 5.56 Å². The van der Waals surface area contributed by atoms with Gasteiger partial charge in [-0.3, -0.25) is 4.79 Å². The Labute approximate surface area is 85.3 Å². The molecule has 0 radical (unpaired) electrons. The highest BCUT2D eigenvalue weighted by atomic mass is 16.3. The van der Waals surface area contributed by atoms with Crippen molar-refractivity contribution in [2.45, 2.75) is 46.0 Å². The molecule has 0 aliphatic heterocycles. The van der Waals surface area contributed by atoms with Crippen molar-refractivity contribution < 1.29 is 9.21 Å². The lowest BCUT2D eigenvalue weighted by Crippen LogP contribution is -1.87. The summed E-state index contributed by atoms with van der Waals surface area (Å²) >= 11 is 0. The first kappa shape index (κ1) is 11.0. The highest BCUT2D eigenvalue weighted by molar-refractivity contribution is 5.76. The SMILES string of the molecule is CCCc1oc(C(C)CC)cc1C=O. The standard InChI is InChI=1S/C12H18O2/c1-4-6-11-10(8-13)7-12(14-11)9(3)5-2/h7-9H,4-6H2,1-3H3. The molecule has 0 fully saturated rings. The van der Waals surface area contributed by atoms with Crippen molar-refractivity contribution in [1.82, 2.24) is 0 Å². The Morgan fingerprint density at radius 3 is 2.71 bits per heavy atom. The molecule has 2 heteroatoms. The number of hydrogen-bond acceptors (Lipinski definition) is 2. The van der Waals surface area contributed by atoms with E-state index in [-0.39, 0.29) is 0 Å². The monoisotopic (exact) mass is 194 g/mol. The van der Waals surface area contributed by atoms with Gasteiger partial charge in [0.25, 0.3) is 0 Å². The second-order valence-electron chi connectivity index (χ2n) is 3.70.